The zero-order valence-corrected chi connectivity index (χ0v) is 23.6. The molecular weight excluding hydrogens is 526 g/mol. The van der Waals surface area contributed by atoms with Gasteiger partial charge in [0.15, 0.2) is 0 Å². The fourth-order valence-electron chi connectivity index (χ4n) is 4.46. The second-order valence-electron chi connectivity index (χ2n) is 10.00. The number of aryl methyl sites for hydroxylation is 1. The van der Waals surface area contributed by atoms with Gasteiger partial charge in [-0.1, -0.05) is 72.8 Å². The highest BCUT2D eigenvalue weighted by molar-refractivity contribution is 7.89. The van der Waals surface area contributed by atoms with E-state index in [4.69, 9.17) is 4.74 Å². The Balaban J connectivity index is 1.52. The minimum absolute atomic E-state index is 0.0348. The van der Waals surface area contributed by atoms with Gasteiger partial charge in [-0.15, -0.1) is 0 Å². The molecule has 8 nitrogen and oxygen atoms in total. The third-order valence-corrected chi connectivity index (χ3v) is 8.31. The number of ether oxygens (including phenoxy) is 1. The maximum atomic E-state index is 13.8. The van der Waals surface area contributed by atoms with Gasteiger partial charge < -0.3 is 15.0 Å². The monoisotopic (exact) mass is 563 g/mol. The van der Waals surface area contributed by atoms with Crippen molar-refractivity contribution < 1.29 is 22.7 Å². The molecule has 1 saturated carbocycles. The highest BCUT2D eigenvalue weighted by atomic mass is 32.2. The fourth-order valence-corrected chi connectivity index (χ4v) is 5.76. The van der Waals surface area contributed by atoms with Crippen LogP contribution < -0.4 is 10.0 Å². The fraction of sp³-hybridized carbons (Fsp3) is 0.355. The molecule has 0 aliphatic heterocycles. The first-order chi connectivity index (χ1) is 19.4. The van der Waals surface area contributed by atoms with Crippen molar-refractivity contribution in [3.63, 3.8) is 0 Å². The molecule has 1 aliphatic rings. The average molecular weight is 564 g/mol. The molecule has 212 valence electrons. The number of amides is 2. The van der Waals surface area contributed by atoms with Crippen molar-refractivity contribution in [2.24, 2.45) is 0 Å². The van der Waals surface area contributed by atoms with E-state index in [-0.39, 0.29) is 35.7 Å². The third-order valence-electron chi connectivity index (χ3n) is 6.78. The summed E-state index contributed by atoms with van der Waals surface area (Å²) in [6, 6.07) is 24.8. The van der Waals surface area contributed by atoms with Crippen molar-refractivity contribution in [1.29, 1.82) is 0 Å². The van der Waals surface area contributed by atoms with Crippen LogP contribution in [0.4, 0.5) is 0 Å². The quantitative estimate of drug-likeness (QED) is 0.272. The number of benzene rings is 3. The van der Waals surface area contributed by atoms with Crippen molar-refractivity contribution in [2.75, 3.05) is 20.3 Å². The topological polar surface area (TPSA) is 105 Å². The molecule has 0 radical (unpaired) electrons. The Hall–Kier alpha value is -3.53. The van der Waals surface area contributed by atoms with Gasteiger partial charge in [0, 0.05) is 39.3 Å². The summed E-state index contributed by atoms with van der Waals surface area (Å²) in [5.74, 6) is -0.416. The summed E-state index contributed by atoms with van der Waals surface area (Å²) in [5.41, 5.74) is 2.49. The van der Waals surface area contributed by atoms with E-state index >= 15 is 0 Å². The predicted molar refractivity (Wildman–Crippen MR) is 154 cm³/mol. The van der Waals surface area contributed by atoms with Gasteiger partial charge in [-0.25, -0.2) is 13.1 Å². The molecule has 0 spiro atoms. The zero-order chi connectivity index (χ0) is 28.4. The number of rotatable bonds is 15. The van der Waals surface area contributed by atoms with Crippen LogP contribution in [0.3, 0.4) is 0 Å². The number of carbonyl (C=O) groups excluding carboxylic acids is 2. The molecule has 0 saturated heterocycles. The van der Waals surface area contributed by atoms with Crippen molar-refractivity contribution in [3.8, 4) is 0 Å². The molecule has 4 rings (SSSR count). The Morgan fingerprint density at radius 3 is 2.20 bits per heavy atom. The molecule has 0 unspecified atom stereocenters. The second-order valence-corrected chi connectivity index (χ2v) is 11.7. The molecule has 0 aromatic heterocycles. The van der Waals surface area contributed by atoms with Crippen LogP contribution in [0.5, 0.6) is 0 Å². The molecule has 40 heavy (non-hydrogen) atoms. The number of nitrogens with one attached hydrogen (secondary N) is 2. The van der Waals surface area contributed by atoms with Gasteiger partial charge in [0.05, 0.1) is 4.90 Å². The molecule has 0 heterocycles. The number of hydrogen-bond donors (Lipinski definition) is 2. The Morgan fingerprint density at radius 1 is 0.925 bits per heavy atom. The summed E-state index contributed by atoms with van der Waals surface area (Å²) in [6.07, 6.45) is 2.98. The molecule has 3 aromatic rings. The van der Waals surface area contributed by atoms with Crippen LogP contribution in [0.15, 0.2) is 89.8 Å². The van der Waals surface area contributed by atoms with Crippen LogP contribution >= 0.6 is 0 Å². The first-order valence-electron chi connectivity index (χ1n) is 13.6. The molecule has 1 atom stereocenters. The molecule has 9 heteroatoms. The van der Waals surface area contributed by atoms with E-state index in [0.29, 0.717) is 26.0 Å². The van der Waals surface area contributed by atoms with Gasteiger partial charge in [0.1, 0.15) is 6.04 Å². The first-order valence-corrected chi connectivity index (χ1v) is 15.1. The Bertz CT molecular complexity index is 1340. The van der Waals surface area contributed by atoms with E-state index < -0.39 is 16.1 Å². The maximum absolute atomic E-state index is 13.8. The second kappa shape index (κ2) is 14.2. The van der Waals surface area contributed by atoms with Crippen molar-refractivity contribution in [3.05, 3.63) is 102 Å². The molecular formula is C31H37N3O5S. The van der Waals surface area contributed by atoms with Crippen molar-refractivity contribution >= 4 is 21.8 Å². The molecule has 1 fully saturated rings. The Morgan fingerprint density at radius 2 is 1.57 bits per heavy atom. The lowest BCUT2D eigenvalue weighted by Crippen LogP contribution is -2.43. The van der Waals surface area contributed by atoms with Crippen LogP contribution in [0.2, 0.25) is 0 Å². The van der Waals surface area contributed by atoms with Crippen LogP contribution in [0.25, 0.3) is 0 Å². The molecule has 3 aromatic carbocycles. The molecule has 2 amide bonds. The Labute approximate surface area is 236 Å². The smallest absolute Gasteiger partial charge is 0.247 e. The highest BCUT2D eigenvalue weighted by Crippen LogP contribution is 2.26. The molecule has 2 N–H and O–H groups in total. The zero-order valence-electron chi connectivity index (χ0n) is 22.8. The van der Waals surface area contributed by atoms with E-state index in [9.17, 15) is 18.0 Å². The van der Waals surface area contributed by atoms with Gasteiger partial charge in [-0.3, -0.25) is 9.59 Å². The highest BCUT2D eigenvalue weighted by Gasteiger charge is 2.31. The average Bonchev–Trinajstić information content (AvgIpc) is 3.78. The Kier molecular flexibility index (Phi) is 10.5. The van der Waals surface area contributed by atoms with Gasteiger partial charge >= 0.3 is 0 Å². The summed E-state index contributed by atoms with van der Waals surface area (Å²) in [4.78, 5) is 29.2. The number of nitrogens with zero attached hydrogens (tertiary/aromatic N) is 1. The number of sulfonamides is 1. The minimum atomic E-state index is -3.53. The molecule has 1 aliphatic carbocycles. The number of hydrogen-bond acceptors (Lipinski definition) is 5. The largest absolute Gasteiger partial charge is 0.385 e. The third kappa shape index (κ3) is 8.48. The lowest BCUT2D eigenvalue weighted by Gasteiger charge is -2.32. The first kappa shape index (κ1) is 29.5. The maximum Gasteiger partial charge on any atom is 0.247 e. The lowest BCUT2D eigenvalue weighted by atomic mass is 10.0. The summed E-state index contributed by atoms with van der Waals surface area (Å²) in [6.45, 7) is 1.24. The number of methoxy groups -OCH3 is 1. The minimum Gasteiger partial charge on any atom is -0.385 e. The standard InChI is InChI=1S/C31H37N3O5S/c1-39-22-8-21-32-31(36)30(26-11-6-3-7-12-26)34(23-25-9-4-2-5-10-25)29(35)20-15-24-13-18-28(19-14-24)40(37,38)33-27-16-17-27/h2-7,9-14,18-19,27,30,33H,8,15-17,20-23H2,1H3,(H,32,36)/t30-/m1/s1. The van der Waals surface area contributed by atoms with Gasteiger partial charge in [-0.2, -0.15) is 0 Å². The van der Waals surface area contributed by atoms with Gasteiger partial charge in [0.25, 0.3) is 0 Å². The van der Waals surface area contributed by atoms with E-state index in [2.05, 4.69) is 10.0 Å². The van der Waals surface area contributed by atoms with E-state index in [1.54, 1.807) is 36.3 Å². The van der Waals surface area contributed by atoms with E-state index in [0.717, 1.165) is 29.5 Å². The van der Waals surface area contributed by atoms with Crippen LogP contribution in [0.1, 0.15) is 48.4 Å². The normalized spacial score (nSPS) is 13.9. The summed E-state index contributed by atoms with van der Waals surface area (Å²) < 4.78 is 32.8. The van der Waals surface area contributed by atoms with E-state index in [1.807, 2.05) is 60.7 Å². The lowest BCUT2D eigenvalue weighted by molar-refractivity contribution is -0.141. The summed E-state index contributed by atoms with van der Waals surface area (Å²) in [5, 5.41) is 2.97. The molecule has 0 bridgehead atoms. The SMILES string of the molecule is COCCCNC(=O)[C@@H](c1ccccc1)N(Cc1ccccc1)C(=O)CCc1ccc(S(=O)(=O)NC2CC2)cc1. The van der Waals surface area contributed by atoms with Crippen molar-refractivity contribution in [2.45, 2.75) is 55.6 Å². The van der Waals surface area contributed by atoms with Crippen LogP contribution in [-0.4, -0.2) is 51.4 Å². The predicted octanol–water partition coefficient (Wildman–Crippen LogP) is 3.98. The number of carbonyl (C=O) groups is 2. The van der Waals surface area contributed by atoms with Crippen molar-refractivity contribution in [1.82, 2.24) is 14.9 Å². The summed E-state index contributed by atoms with van der Waals surface area (Å²) in [7, 11) is -1.92. The van der Waals surface area contributed by atoms with Crippen LogP contribution in [-0.2, 0) is 37.3 Å². The van der Waals surface area contributed by atoms with Crippen LogP contribution in [0, 0.1) is 0 Å². The van der Waals surface area contributed by atoms with Gasteiger partial charge in [0.2, 0.25) is 21.8 Å². The van der Waals surface area contributed by atoms with E-state index in [1.165, 1.54) is 0 Å². The summed E-state index contributed by atoms with van der Waals surface area (Å²) >= 11 is 0. The van der Waals surface area contributed by atoms with Gasteiger partial charge in [-0.05, 0) is 54.5 Å².